The summed E-state index contributed by atoms with van der Waals surface area (Å²) in [7, 11) is 0. The lowest BCUT2D eigenvalue weighted by Crippen LogP contribution is -2.43. The van der Waals surface area contributed by atoms with Crippen LogP contribution in [0.1, 0.15) is 25.3 Å². The first-order valence-electron chi connectivity index (χ1n) is 8.37. The van der Waals surface area contributed by atoms with Gasteiger partial charge in [-0.3, -0.25) is 9.78 Å². The van der Waals surface area contributed by atoms with Gasteiger partial charge in [-0.1, -0.05) is 25.1 Å². The Morgan fingerprint density at radius 3 is 2.96 bits per heavy atom. The van der Waals surface area contributed by atoms with Crippen molar-refractivity contribution in [3.63, 3.8) is 0 Å². The Kier molecular flexibility index (Phi) is 3.57. The van der Waals surface area contributed by atoms with E-state index in [1.165, 1.54) is 10.9 Å². The number of hydrogen-bond acceptors (Lipinski definition) is 3. The van der Waals surface area contributed by atoms with Crippen molar-refractivity contribution in [2.24, 2.45) is 11.3 Å². The van der Waals surface area contributed by atoms with Crippen LogP contribution in [0.5, 0.6) is 0 Å². The lowest BCUT2D eigenvalue weighted by Gasteiger charge is -2.21. The SMILES string of the molecule is CC1(C(=O)N[C@H]2COC[C@H]2Cc2ccnc3ccccc23)CC1. The summed E-state index contributed by atoms with van der Waals surface area (Å²) < 4.78 is 5.66. The van der Waals surface area contributed by atoms with Gasteiger partial charge in [0.2, 0.25) is 5.91 Å². The van der Waals surface area contributed by atoms with Crippen molar-refractivity contribution in [1.29, 1.82) is 0 Å². The predicted molar refractivity (Wildman–Crippen MR) is 89.0 cm³/mol. The third-order valence-corrected chi connectivity index (χ3v) is 5.28. The van der Waals surface area contributed by atoms with E-state index < -0.39 is 0 Å². The number of aromatic nitrogens is 1. The summed E-state index contributed by atoms with van der Waals surface area (Å²) in [5, 5.41) is 4.42. The van der Waals surface area contributed by atoms with Crippen LogP contribution in [-0.2, 0) is 16.0 Å². The molecule has 2 aliphatic rings. The Bertz CT molecular complexity index is 734. The lowest BCUT2D eigenvalue weighted by atomic mass is 9.92. The van der Waals surface area contributed by atoms with Crippen LogP contribution in [0.4, 0.5) is 0 Å². The van der Waals surface area contributed by atoms with Crippen molar-refractivity contribution >= 4 is 16.8 Å². The molecule has 2 heterocycles. The number of nitrogens with zero attached hydrogens (tertiary/aromatic N) is 1. The van der Waals surface area contributed by atoms with E-state index in [0.717, 1.165) is 24.8 Å². The first-order chi connectivity index (χ1) is 11.2. The molecule has 0 bridgehead atoms. The van der Waals surface area contributed by atoms with E-state index in [9.17, 15) is 4.79 Å². The highest BCUT2D eigenvalue weighted by Crippen LogP contribution is 2.45. The van der Waals surface area contributed by atoms with E-state index >= 15 is 0 Å². The first-order valence-corrected chi connectivity index (χ1v) is 8.37. The van der Waals surface area contributed by atoms with E-state index in [-0.39, 0.29) is 17.4 Å². The summed E-state index contributed by atoms with van der Waals surface area (Å²) in [6.45, 7) is 3.37. The van der Waals surface area contributed by atoms with Gasteiger partial charge in [-0.05, 0) is 37.0 Å². The molecule has 1 N–H and O–H groups in total. The zero-order valence-electron chi connectivity index (χ0n) is 13.4. The summed E-state index contributed by atoms with van der Waals surface area (Å²) in [4.78, 5) is 16.7. The smallest absolute Gasteiger partial charge is 0.226 e. The van der Waals surface area contributed by atoms with Crippen LogP contribution >= 0.6 is 0 Å². The molecular weight excluding hydrogens is 288 g/mol. The number of benzene rings is 1. The lowest BCUT2D eigenvalue weighted by molar-refractivity contribution is -0.126. The zero-order valence-corrected chi connectivity index (χ0v) is 13.4. The van der Waals surface area contributed by atoms with E-state index in [0.29, 0.717) is 19.1 Å². The molecule has 4 nitrogen and oxygen atoms in total. The molecule has 23 heavy (non-hydrogen) atoms. The molecule has 4 heteroatoms. The highest BCUT2D eigenvalue weighted by Gasteiger charge is 2.46. The highest BCUT2D eigenvalue weighted by atomic mass is 16.5. The van der Waals surface area contributed by atoms with Gasteiger partial charge in [0, 0.05) is 22.9 Å². The minimum Gasteiger partial charge on any atom is -0.379 e. The molecule has 1 aliphatic heterocycles. The summed E-state index contributed by atoms with van der Waals surface area (Å²) in [6.07, 6.45) is 4.79. The third-order valence-electron chi connectivity index (χ3n) is 5.28. The minimum atomic E-state index is -0.128. The second kappa shape index (κ2) is 5.60. The maximum Gasteiger partial charge on any atom is 0.226 e. The van der Waals surface area contributed by atoms with Crippen molar-refractivity contribution < 1.29 is 9.53 Å². The van der Waals surface area contributed by atoms with Crippen molar-refractivity contribution in [3.8, 4) is 0 Å². The third kappa shape index (κ3) is 2.83. The van der Waals surface area contributed by atoms with Crippen molar-refractivity contribution in [3.05, 3.63) is 42.1 Å². The van der Waals surface area contributed by atoms with E-state index in [1.54, 1.807) is 0 Å². The Hall–Kier alpha value is -1.94. The normalized spacial score (nSPS) is 25.4. The fourth-order valence-corrected chi connectivity index (χ4v) is 3.33. The number of carbonyl (C=O) groups is 1. The summed E-state index contributed by atoms with van der Waals surface area (Å²) in [6, 6.07) is 10.4. The topological polar surface area (TPSA) is 51.2 Å². The molecule has 1 aromatic heterocycles. The molecule has 1 saturated heterocycles. The minimum absolute atomic E-state index is 0.117. The van der Waals surface area contributed by atoms with E-state index in [2.05, 4.69) is 22.4 Å². The molecule has 2 atom stereocenters. The number of hydrogen-bond donors (Lipinski definition) is 1. The molecule has 0 radical (unpaired) electrons. The fourth-order valence-electron chi connectivity index (χ4n) is 3.33. The van der Waals surface area contributed by atoms with Crippen LogP contribution in [-0.4, -0.2) is 30.1 Å². The Labute approximate surface area is 136 Å². The number of rotatable bonds is 4. The molecule has 120 valence electrons. The fraction of sp³-hybridized carbons (Fsp3) is 0.474. The number of ether oxygens (including phenoxy) is 1. The molecule has 0 unspecified atom stereocenters. The van der Waals surface area contributed by atoms with Crippen LogP contribution in [0, 0.1) is 11.3 Å². The average Bonchev–Trinajstić information content (AvgIpc) is 3.18. The first kappa shape index (κ1) is 14.6. The van der Waals surface area contributed by atoms with Crippen LogP contribution in [0.15, 0.2) is 36.5 Å². The number of fused-ring (bicyclic) bond motifs is 1. The number of carbonyl (C=O) groups excluding carboxylic acids is 1. The van der Waals surface area contributed by atoms with Gasteiger partial charge in [0.1, 0.15) is 0 Å². The van der Waals surface area contributed by atoms with Crippen molar-refractivity contribution in [1.82, 2.24) is 10.3 Å². The summed E-state index contributed by atoms with van der Waals surface area (Å²) in [5.74, 6) is 0.518. The van der Waals surface area contributed by atoms with Crippen LogP contribution in [0.2, 0.25) is 0 Å². The van der Waals surface area contributed by atoms with Gasteiger partial charge in [-0.2, -0.15) is 0 Å². The van der Waals surface area contributed by atoms with E-state index in [4.69, 9.17) is 4.74 Å². The monoisotopic (exact) mass is 310 g/mol. The van der Waals surface area contributed by atoms with Gasteiger partial charge >= 0.3 is 0 Å². The van der Waals surface area contributed by atoms with Gasteiger partial charge in [0.25, 0.3) is 0 Å². The van der Waals surface area contributed by atoms with Crippen molar-refractivity contribution in [2.45, 2.75) is 32.2 Å². The number of para-hydroxylation sites is 1. The van der Waals surface area contributed by atoms with Gasteiger partial charge in [-0.15, -0.1) is 0 Å². The maximum atomic E-state index is 12.3. The zero-order chi connectivity index (χ0) is 15.9. The molecule has 2 aromatic rings. The van der Waals surface area contributed by atoms with E-state index in [1.807, 2.05) is 31.3 Å². The Morgan fingerprint density at radius 1 is 1.30 bits per heavy atom. The standard InChI is InChI=1S/C19H22N2O2/c1-19(7-8-19)18(22)21-17-12-23-11-14(17)10-13-6-9-20-16-5-3-2-4-15(13)16/h2-6,9,14,17H,7-8,10-12H2,1H3,(H,21,22)/t14-,17+/m1/s1. The number of amides is 1. The Morgan fingerprint density at radius 2 is 2.13 bits per heavy atom. The van der Waals surface area contributed by atoms with Gasteiger partial charge in [-0.25, -0.2) is 0 Å². The molecule has 1 saturated carbocycles. The molecule has 2 fully saturated rings. The largest absolute Gasteiger partial charge is 0.379 e. The predicted octanol–water partition coefficient (Wildman–Crippen LogP) is 2.71. The molecule has 1 aliphatic carbocycles. The molecule has 0 spiro atoms. The number of pyridine rings is 1. The van der Waals surface area contributed by atoms with Crippen LogP contribution in [0.3, 0.4) is 0 Å². The number of nitrogens with one attached hydrogen (secondary N) is 1. The Balaban J connectivity index is 1.51. The molecule has 1 aromatic carbocycles. The van der Waals surface area contributed by atoms with Gasteiger partial charge in [0.15, 0.2) is 0 Å². The van der Waals surface area contributed by atoms with Crippen molar-refractivity contribution in [2.75, 3.05) is 13.2 Å². The van der Waals surface area contributed by atoms with Gasteiger partial charge in [0.05, 0.1) is 24.8 Å². The molecule has 4 rings (SSSR count). The summed E-state index contributed by atoms with van der Waals surface area (Å²) in [5.41, 5.74) is 2.18. The molecular formula is C19H22N2O2. The van der Waals surface area contributed by atoms with Crippen LogP contribution in [0.25, 0.3) is 10.9 Å². The second-order valence-electron chi connectivity index (χ2n) is 7.13. The average molecular weight is 310 g/mol. The maximum absolute atomic E-state index is 12.3. The summed E-state index contributed by atoms with van der Waals surface area (Å²) >= 11 is 0. The van der Waals surface area contributed by atoms with Crippen LogP contribution < -0.4 is 5.32 Å². The highest BCUT2D eigenvalue weighted by molar-refractivity contribution is 5.85. The second-order valence-corrected chi connectivity index (χ2v) is 7.13. The van der Waals surface area contributed by atoms with Gasteiger partial charge < -0.3 is 10.1 Å². The quantitative estimate of drug-likeness (QED) is 0.944. The molecule has 1 amide bonds.